The van der Waals surface area contributed by atoms with Gasteiger partial charge < -0.3 is 4.90 Å². The first-order valence-electron chi connectivity index (χ1n) is 5.51. The van der Waals surface area contributed by atoms with Gasteiger partial charge in [-0.1, -0.05) is 26.9 Å². The van der Waals surface area contributed by atoms with Gasteiger partial charge in [-0.25, -0.2) is 4.39 Å². The fraction of sp³-hybridized carbons (Fsp3) is 0.273. The average Bonchev–Trinajstić information content (AvgIpc) is 2.35. The first kappa shape index (κ1) is 17.1. The van der Waals surface area contributed by atoms with Crippen molar-refractivity contribution >= 4 is 48.6 Å². The van der Waals surface area contributed by atoms with E-state index >= 15 is 0 Å². The minimum Gasteiger partial charge on any atom is -0.336 e. The maximum Gasteiger partial charge on any atom is 0.276 e. The second kappa shape index (κ2) is 7.76. The summed E-state index contributed by atoms with van der Waals surface area (Å²) in [5, 5.41) is 0.479. The smallest absolute Gasteiger partial charge is 0.276 e. The summed E-state index contributed by atoms with van der Waals surface area (Å²) in [6, 6.07) is 0. The standard InChI is InChI=1S/C11H13BrClFN3O2P/c1-2-8-7(13)3-6(12)4-17(8)5-9(18)15-16-11(19)10(14)20/h2-4,10H,5,20H2,1H3,(H,15,18)(H,16,19)/b8-2-. The molecule has 1 heterocycles. The van der Waals surface area contributed by atoms with E-state index in [1.54, 1.807) is 39.4 Å². The zero-order chi connectivity index (χ0) is 15.3. The van der Waals surface area contributed by atoms with E-state index in [1.165, 1.54) is 0 Å². The highest BCUT2D eigenvalue weighted by atomic mass is 79.9. The quantitative estimate of drug-likeness (QED) is 0.577. The van der Waals surface area contributed by atoms with Crippen LogP contribution >= 0.6 is 36.8 Å². The molecule has 0 aromatic heterocycles. The summed E-state index contributed by atoms with van der Waals surface area (Å²) in [6.07, 6.45) is 5.13. The third kappa shape index (κ3) is 4.89. The number of nitrogens with zero attached hydrogens (tertiary/aromatic N) is 1. The van der Waals surface area contributed by atoms with E-state index in [0.717, 1.165) is 0 Å². The average molecular weight is 385 g/mol. The Morgan fingerprint density at radius 1 is 1.60 bits per heavy atom. The van der Waals surface area contributed by atoms with Gasteiger partial charge in [-0.2, -0.15) is 0 Å². The highest BCUT2D eigenvalue weighted by molar-refractivity contribution is 9.11. The van der Waals surface area contributed by atoms with E-state index in [2.05, 4.69) is 21.4 Å². The molecule has 9 heteroatoms. The predicted molar refractivity (Wildman–Crippen MR) is 82.3 cm³/mol. The molecule has 0 saturated carbocycles. The molecule has 0 aromatic rings. The number of hydrogen-bond acceptors (Lipinski definition) is 3. The molecule has 1 rings (SSSR count). The summed E-state index contributed by atoms with van der Waals surface area (Å²) >= 11 is 9.33. The third-order valence-corrected chi connectivity index (χ3v) is 3.30. The molecule has 0 radical (unpaired) electrons. The summed E-state index contributed by atoms with van der Waals surface area (Å²) in [5.41, 5.74) is 4.74. The first-order valence-corrected chi connectivity index (χ1v) is 7.35. The number of amides is 2. The number of hydrogen-bond donors (Lipinski definition) is 2. The monoisotopic (exact) mass is 383 g/mol. The van der Waals surface area contributed by atoms with E-state index in [4.69, 9.17) is 11.6 Å². The predicted octanol–water partition coefficient (Wildman–Crippen LogP) is 1.88. The van der Waals surface area contributed by atoms with Crippen molar-refractivity contribution < 1.29 is 14.0 Å². The largest absolute Gasteiger partial charge is 0.336 e. The highest BCUT2D eigenvalue weighted by Crippen LogP contribution is 2.28. The van der Waals surface area contributed by atoms with E-state index in [0.29, 0.717) is 15.2 Å². The Morgan fingerprint density at radius 3 is 2.80 bits per heavy atom. The van der Waals surface area contributed by atoms with Crippen LogP contribution in [0.15, 0.2) is 33.6 Å². The summed E-state index contributed by atoms with van der Waals surface area (Å²) in [4.78, 5) is 24.2. The van der Waals surface area contributed by atoms with Gasteiger partial charge in [0.2, 0.25) is 0 Å². The van der Waals surface area contributed by atoms with Gasteiger partial charge in [0.25, 0.3) is 11.8 Å². The third-order valence-electron chi connectivity index (χ3n) is 2.26. The maximum absolute atomic E-state index is 12.6. The van der Waals surface area contributed by atoms with Crippen LogP contribution in [0, 0.1) is 0 Å². The van der Waals surface area contributed by atoms with Crippen LogP contribution < -0.4 is 10.9 Å². The second-order valence-corrected chi connectivity index (χ2v) is 5.66. The molecule has 110 valence electrons. The van der Waals surface area contributed by atoms with Crippen LogP contribution in [-0.2, 0) is 9.59 Å². The fourth-order valence-electron chi connectivity index (χ4n) is 1.42. The molecular formula is C11H13BrClFN3O2P. The van der Waals surface area contributed by atoms with Crippen molar-refractivity contribution in [1.29, 1.82) is 0 Å². The van der Waals surface area contributed by atoms with Gasteiger partial charge in [0.1, 0.15) is 6.54 Å². The molecule has 2 unspecified atom stereocenters. The molecule has 1 aliphatic rings. The van der Waals surface area contributed by atoms with E-state index in [-0.39, 0.29) is 6.54 Å². The number of hydrazine groups is 1. The molecule has 2 N–H and O–H groups in total. The number of carbonyl (C=O) groups is 2. The zero-order valence-corrected chi connectivity index (χ0v) is 14.0. The maximum atomic E-state index is 12.6. The van der Waals surface area contributed by atoms with Crippen LogP contribution in [0.5, 0.6) is 0 Å². The van der Waals surface area contributed by atoms with Crippen molar-refractivity contribution in [2.24, 2.45) is 0 Å². The van der Waals surface area contributed by atoms with E-state index < -0.39 is 17.7 Å². The molecule has 1 aliphatic heterocycles. The van der Waals surface area contributed by atoms with Gasteiger partial charge in [-0.05, 0) is 28.9 Å². The molecule has 20 heavy (non-hydrogen) atoms. The Morgan fingerprint density at radius 2 is 2.25 bits per heavy atom. The molecule has 2 atom stereocenters. The molecule has 0 spiro atoms. The Hall–Kier alpha value is -0.910. The molecule has 2 amide bonds. The van der Waals surface area contributed by atoms with Gasteiger partial charge in [-0.15, -0.1) is 0 Å². The van der Waals surface area contributed by atoms with Gasteiger partial charge in [0.05, 0.1) is 10.7 Å². The van der Waals surface area contributed by atoms with Crippen LogP contribution in [0.2, 0.25) is 0 Å². The fourth-order valence-corrected chi connectivity index (χ4v) is 2.44. The summed E-state index contributed by atoms with van der Waals surface area (Å²) < 4.78 is 13.3. The van der Waals surface area contributed by atoms with Crippen molar-refractivity contribution in [2.45, 2.75) is 12.8 Å². The van der Waals surface area contributed by atoms with Gasteiger partial charge >= 0.3 is 0 Å². The molecule has 0 aromatic carbocycles. The lowest BCUT2D eigenvalue weighted by atomic mass is 10.2. The van der Waals surface area contributed by atoms with Crippen molar-refractivity contribution in [3.8, 4) is 0 Å². The summed E-state index contributed by atoms with van der Waals surface area (Å²) in [5.74, 6) is -3.23. The zero-order valence-electron chi connectivity index (χ0n) is 10.5. The Kier molecular flexibility index (Phi) is 6.65. The van der Waals surface area contributed by atoms with Crippen molar-refractivity contribution in [3.63, 3.8) is 0 Å². The molecule has 0 saturated heterocycles. The van der Waals surface area contributed by atoms with Crippen LogP contribution in [0.4, 0.5) is 4.39 Å². The van der Waals surface area contributed by atoms with Crippen molar-refractivity contribution in [2.75, 3.05) is 6.54 Å². The van der Waals surface area contributed by atoms with Crippen LogP contribution in [0.3, 0.4) is 0 Å². The number of allylic oxidation sites excluding steroid dienone is 4. The Balaban J connectivity index is 2.62. The number of halogens is 3. The summed E-state index contributed by atoms with van der Waals surface area (Å²) in [6.45, 7) is 1.71. The number of nitrogens with one attached hydrogen (secondary N) is 2. The lowest BCUT2D eigenvalue weighted by Crippen LogP contribution is -2.47. The highest BCUT2D eigenvalue weighted by Gasteiger charge is 2.19. The molecule has 0 aliphatic carbocycles. The number of carbonyl (C=O) groups excluding carboxylic acids is 2. The molecular weight excluding hydrogens is 371 g/mol. The van der Waals surface area contributed by atoms with Gasteiger partial charge in [0, 0.05) is 10.7 Å². The second-order valence-electron chi connectivity index (χ2n) is 3.75. The van der Waals surface area contributed by atoms with Crippen molar-refractivity contribution in [3.05, 3.63) is 33.6 Å². The number of alkyl halides is 1. The van der Waals surface area contributed by atoms with E-state index in [9.17, 15) is 14.0 Å². The molecule has 5 nitrogen and oxygen atoms in total. The number of rotatable bonds is 3. The Bertz CT molecular complexity index is 508. The first-order chi connectivity index (χ1) is 9.35. The van der Waals surface area contributed by atoms with Gasteiger partial charge in [-0.3, -0.25) is 20.4 Å². The van der Waals surface area contributed by atoms with Crippen LogP contribution in [-0.4, -0.2) is 29.2 Å². The molecule has 0 bridgehead atoms. The van der Waals surface area contributed by atoms with Crippen LogP contribution in [0.1, 0.15) is 6.92 Å². The molecule has 0 fully saturated rings. The van der Waals surface area contributed by atoms with Crippen molar-refractivity contribution in [1.82, 2.24) is 15.8 Å². The van der Waals surface area contributed by atoms with Crippen LogP contribution in [0.25, 0.3) is 0 Å². The summed E-state index contributed by atoms with van der Waals surface area (Å²) in [7, 11) is 1.68. The van der Waals surface area contributed by atoms with E-state index in [1.807, 2.05) is 5.43 Å². The lowest BCUT2D eigenvalue weighted by molar-refractivity contribution is -0.130. The topological polar surface area (TPSA) is 61.4 Å². The minimum atomic E-state index is -1.78. The minimum absolute atomic E-state index is 0.0765. The lowest BCUT2D eigenvalue weighted by Gasteiger charge is -2.26. The SMILES string of the molecule is C/C=C1/C(Cl)=CC(Br)=CN1CC(=O)NNC(=O)C(F)P. The normalized spacial score (nSPS) is 18.2. The Labute approximate surface area is 131 Å². The van der Waals surface area contributed by atoms with Gasteiger partial charge in [0.15, 0.2) is 5.91 Å².